The van der Waals surface area contributed by atoms with Gasteiger partial charge in [0.05, 0.1) is 6.04 Å². The molecule has 1 aromatic rings. The van der Waals surface area contributed by atoms with Crippen molar-refractivity contribution in [1.29, 1.82) is 0 Å². The number of nitrogens with zero attached hydrogens (tertiary/aromatic N) is 1. The highest BCUT2D eigenvalue weighted by molar-refractivity contribution is 6.02. The summed E-state index contributed by atoms with van der Waals surface area (Å²) in [4.78, 5) is 4.77. The molecule has 0 saturated carbocycles. The quantitative estimate of drug-likeness (QED) is 0.594. The van der Waals surface area contributed by atoms with E-state index in [1.54, 1.807) is 0 Å². The van der Waals surface area contributed by atoms with E-state index in [2.05, 4.69) is 42.5 Å². The molecule has 2 unspecified atom stereocenters. The lowest BCUT2D eigenvalue weighted by atomic mass is 9.99. The Hall–Kier alpha value is -1.37. The molecule has 1 heterocycles. The number of aliphatic imine (C=N–C) groups is 1. The Morgan fingerprint density at radius 3 is 2.79 bits per heavy atom. The van der Waals surface area contributed by atoms with Gasteiger partial charge in [-0.25, -0.2) is 0 Å². The smallest absolute Gasteiger partial charge is 0.0603 e. The predicted octanol–water partition coefficient (Wildman–Crippen LogP) is 2.82. The molecule has 70 valence electrons. The van der Waals surface area contributed by atoms with Crippen molar-refractivity contribution in [2.45, 2.75) is 18.9 Å². The molecular formula is C13H13N. The monoisotopic (exact) mass is 183 g/mol. The van der Waals surface area contributed by atoms with E-state index in [0.29, 0.717) is 12.0 Å². The predicted molar refractivity (Wildman–Crippen MR) is 58.6 cm³/mol. The Bertz CT molecular complexity index is 389. The second-order valence-corrected chi connectivity index (χ2v) is 4.04. The largest absolute Gasteiger partial charge is 0.285 e. The maximum absolute atomic E-state index is 4.77. The van der Waals surface area contributed by atoms with Crippen LogP contribution in [0.25, 0.3) is 0 Å². The van der Waals surface area contributed by atoms with E-state index in [-0.39, 0.29) is 0 Å². The number of benzene rings is 1. The Kier molecular flexibility index (Phi) is 1.76. The Balaban J connectivity index is 1.89. The van der Waals surface area contributed by atoms with Crippen LogP contribution in [0.1, 0.15) is 18.4 Å². The highest BCUT2D eigenvalue weighted by Gasteiger charge is 2.29. The zero-order valence-electron chi connectivity index (χ0n) is 8.06. The molecule has 2 aliphatic rings. The second kappa shape index (κ2) is 3.09. The van der Waals surface area contributed by atoms with Crippen molar-refractivity contribution in [2.24, 2.45) is 10.9 Å². The fraction of sp³-hybridized carbons (Fsp3) is 0.308. The molecule has 0 saturated heterocycles. The van der Waals surface area contributed by atoms with Crippen LogP contribution in [-0.2, 0) is 0 Å². The maximum Gasteiger partial charge on any atom is 0.0603 e. The first-order chi connectivity index (χ1) is 6.93. The van der Waals surface area contributed by atoms with Crippen LogP contribution < -0.4 is 0 Å². The van der Waals surface area contributed by atoms with Gasteiger partial charge in [-0.05, 0) is 18.4 Å². The molecular weight excluding hydrogens is 170 g/mol. The lowest BCUT2D eigenvalue weighted by Gasteiger charge is -2.03. The second-order valence-electron chi connectivity index (χ2n) is 4.04. The van der Waals surface area contributed by atoms with E-state index in [1.807, 2.05) is 0 Å². The van der Waals surface area contributed by atoms with Crippen LogP contribution in [0.4, 0.5) is 0 Å². The summed E-state index contributed by atoms with van der Waals surface area (Å²) in [7, 11) is 0. The number of fused-ring (bicyclic) bond motifs is 1. The van der Waals surface area contributed by atoms with E-state index < -0.39 is 0 Å². The van der Waals surface area contributed by atoms with Gasteiger partial charge in [-0.3, -0.25) is 4.99 Å². The van der Waals surface area contributed by atoms with Gasteiger partial charge in [0.25, 0.3) is 0 Å². The molecule has 0 bridgehead atoms. The summed E-state index contributed by atoms with van der Waals surface area (Å²) in [6.07, 6.45) is 6.86. The molecule has 1 aliphatic heterocycles. The molecule has 2 atom stereocenters. The van der Waals surface area contributed by atoms with Crippen LogP contribution in [0.15, 0.2) is 47.5 Å². The molecule has 0 radical (unpaired) electrons. The van der Waals surface area contributed by atoms with Crippen molar-refractivity contribution in [3.63, 3.8) is 0 Å². The maximum atomic E-state index is 4.77. The standard InChI is InChI=1S/C13H13N/c1-2-5-10(6-3-1)13-9-11-7-4-8-12(11)14-13/h1-7,11-12H,8-9H2. The fourth-order valence-corrected chi connectivity index (χ4v) is 2.35. The van der Waals surface area contributed by atoms with Gasteiger partial charge < -0.3 is 0 Å². The third kappa shape index (κ3) is 1.20. The van der Waals surface area contributed by atoms with Crippen LogP contribution in [-0.4, -0.2) is 11.8 Å². The van der Waals surface area contributed by atoms with Crippen molar-refractivity contribution < 1.29 is 0 Å². The summed E-state index contributed by atoms with van der Waals surface area (Å²) in [5.41, 5.74) is 2.60. The average Bonchev–Trinajstić information content (AvgIpc) is 2.78. The van der Waals surface area contributed by atoms with Gasteiger partial charge in [0.2, 0.25) is 0 Å². The zero-order chi connectivity index (χ0) is 9.38. The molecule has 0 aromatic heterocycles. The first-order valence-corrected chi connectivity index (χ1v) is 5.22. The molecule has 0 amide bonds. The lowest BCUT2D eigenvalue weighted by Crippen LogP contribution is -2.04. The van der Waals surface area contributed by atoms with E-state index in [0.717, 1.165) is 12.8 Å². The third-order valence-electron chi connectivity index (χ3n) is 3.11. The molecule has 1 nitrogen and oxygen atoms in total. The van der Waals surface area contributed by atoms with Crippen molar-refractivity contribution in [3.8, 4) is 0 Å². The van der Waals surface area contributed by atoms with E-state index in [4.69, 9.17) is 4.99 Å². The van der Waals surface area contributed by atoms with Gasteiger partial charge in [0, 0.05) is 11.6 Å². The van der Waals surface area contributed by atoms with Gasteiger partial charge in [-0.2, -0.15) is 0 Å². The molecule has 0 fully saturated rings. The Morgan fingerprint density at radius 2 is 2.00 bits per heavy atom. The first kappa shape index (κ1) is 7.98. The van der Waals surface area contributed by atoms with Crippen LogP contribution in [0.3, 0.4) is 0 Å². The zero-order valence-corrected chi connectivity index (χ0v) is 8.06. The number of hydrogen-bond donors (Lipinski definition) is 0. The van der Waals surface area contributed by atoms with Crippen molar-refractivity contribution in [2.75, 3.05) is 0 Å². The van der Waals surface area contributed by atoms with E-state index in [9.17, 15) is 0 Å². The van der Waals surface area contributed by atoms with Gasteiger partial charge in [-0.15, -0.1) is 0 Å². The van der Waals surface area contributed by atoms with Gasteiger partial charge >= 0.3 is 0 Å². The first-order valence-electron chi connectivity index (χ1n) is 5.22. The Morgan fingerprint density at radius 1 is 1.14 bits per heavy atom. The summed E-state index contributed by atoms with van der Waals surface area (Å²) >= 11 is 0. The molecule has 1 heteroatoms. The topological polar surface area (TPSA) is 12.4 Å². The van der Waals surface area contributed by atoms with Crippen molar-refractivity contribution >= 4 is 5.71 Å². The molecule has 0 spiro atoms. The number of rotatable bonds is 1. The summed E-state index contributed by atoms with van der Waals surface area (Å²) in [5, 5.41) is 0. The molecule has 3 rings (SSSR count). The normalized spacial score (nSPS) is 29.0. The highest BCUT2D eigenvalue weighted by Crippen LogP contribution is 2.32. The lowest BCUT2D eigenvalue weighted by molar-refractivity contribution is 0.594. The molecule has 14 heavy (non-hydrogen) atoms. The molecule has 1 aliphatic carbocycles. The SMILES string of the molecule is C1=CC2CC(c3ccccc3)=NC2C1. The van der Waals surface area contributed by atoms with Gasteiger partial charge in [-0.1, -0.05) is 42.5 Å². The Labute approximate surface area is 84.2 Å². The van der Waals surface area contributed by atoms with Crippen molar-refractivity contribution in [1.82, 2.24) is 0 Å². The van der Waals surface area contributed by atoms with Gasteiger partial charge in [0.1, 0.15) is 0 Å². The highest BCUT2D eigenvalue weighted by atomic mass is 14.9. The van der Waals surface area contributed by atoms with Crippen LogP contribution >= 0.6 is 0 Å². The minimum Gasteiger partial charge on any atom is -0.285 e. The average molecular weight is 183 g/mol. The summed E-state index contributed by atoms with van der Waals surface area (Å²) in [6.45, 7) is 0. The fourth-order valence-electron chi connectivity index (χ4n) is 2.35. The van der Waals surface area contributed by atoms with E-state index in [1.165, 1.54) is 11.3 Å². The molecule has 0 N–H and O–H groups in total. The van der Waals surface area contributed by atoms with E-state index >= 15 is 0 Å². The number of hydrogen-bond acceptors (Lipinski definition) is 1. The van der Waals surface area contributed by atoms with Crippen molar-refractivity contribution in [3.05, 3.63) is 48.0 Å². The van der Waals surface area contributed by atoms with Crippen LogP contribution in [0, 0.1) is 5.92 Å². The summed E-state index contributed by atoms with van der Waals surface area (Å²) in [6, 6.07) is 11.1. The minimum atomic E-state index is 0.546. The van der Waals surface area contributed by atoms with Gasteiger partial charge in [0.15, 0.2) is 0 Å². The molecule has 1 aromatic carbocycles. The minimum absolute atomic E-state index is 0.546. The summed E-state index contributed by atoms with van der Waals surface area (Å²) < 4.78 is 0. The van der Waals surface area contributed by atoms with Crippen LogP contribution in [0.5, 0.6) is 0 Å². The van der Waals surface area contributed by atoms with Crippen LogP contribution in [0.2, 0.25) is 0 Å². The summed E-state index contributed by atoms with van der Waals surface area (Å²) in [5.74, 6) is 0.685. The third-order valence-corrected chi connectivity index (χ3v) is 3.11.